The number of pyridine rings is 1. The average molecular weight is 418 g/mol. The zero-order valence-electron chi connectivity index (χ0n) is 17.9. The highest BCUT2D eigenvalue weighted by Gasteiger charge is 2.25. The van der Waals surface area contributed by atoms with Gasteiger partial charge in [-0.2, -0.15) is 5.10 Å². The second-order valence-corrected chi connectivity index (χ2v) is 8.22. The van der Waals surface area contributed by atoms with Gasteiger partial charge in [0.15, 0.2) is 0 Å². The minimum absolute atomic E-state index is 0.0662. The molecule has 1 aliphatic carbocycles. The molecule has 0 unspecified atom stereocenters. The van der Waals surface area contributed by atoms with Crippen LogP contribution in [0.5, 0.6) is 0 Å². The molecule has 0 N–H and O–H groups in total. The molecule has 3 aromatic rings. The van der Waals surface area contributed by atoms with Crippen LogP contribution in [0, 0.1) is 6.92 Å². The molecule has 0 amide bonds. The van der Waals surface area contributed by atoms with Crippen molar-refractivity contribution < 1.29 is 0 Å². The summed E-state index contributed by atoms with van der Waals surface area (Å²) in [6, 6.07) is 7.18. The third-order valence-corrected chi connectivity index (χ3v) is 6.17. The first kappa shape index (κ1) is 19.8. The Morgan fingerprint density at radius 2 is 1.74 bits per heavy atom. The molecule has 0 atom stereocenters. The fraction of sp³-hybridized carbons (Fsp3) is 0.435. The van der Waals surface area contributed by atoms with Crippen molar-refractivity contribution in [3.05, 3.63) is 64.1 Å². The number of piperazine rings is 1. The summed E-state index contributed by atoms with van der Waals surface area (Å²) in [6.07, 6.45) is 6.82. The van der Waals surface area contributed by atoms with Gasteiger partial charge in [0.2, 0.25) is 0 Å². The molecule has 3 aromatic heterocycles. The summed E-state index contributed by atoms with van der Waals surface area (Å²) in [5.41, 5.74) is 4.28. The van der Waals surface area contributed by atoms with Gasteiger partial charge in [0.25, 0.3) is 5.56 Å². The van der Waals surface area contributed by atoms with Crippen molar-refractivity contribution in [2.45, 2.75) is 32.7 Å². The molecular formula is C23H27N7O. The van der Waals surface area contributed by atoms with Crippen molar-refractivity contribution in [2.24, 2.45) is 0 Å². The van der Waals surface area contributed by atoms with Gasteiger partial charge in [-0.1, -0.05) is 0 Å². The van der Waals surface area contributed by atoms with Crippen LogP contribution in [0.4, 0.5) is 5.82 Å². The molecule has 5 rings (SSSR count). The topological polar surface area (TPSA) is 80.0 Å². The summed E-state index contributed by atoms with van der Waals surface area (Å²) >= 11 is 0. The molecule has 1 saturated heterocycles. The SMILES string of the molecule is Cc1nc2c(c(N3CCN(CCn4nc(-c5ccncc5)ccc4=O)CC3)n1)CCC2. The van der Waals surface area contributed by atoms with E-state index in [1.54, 1.807) is 29.2 Å². The molecule has 31 heavy (non-hydrogen) atoms. The van der Waals surface area contributed by atoms with Crippen LogP contribution in [0.25, 0.3) is 11.3 Å². The number of aromatic nitrogens is 5. The number of rotatable bonds is 5. The van der Waals surface area contributed by atoms with Crippen molar-refractivity contribution in [2.75, 3.05) is 37.6 Å². The fourth-order valence-corrected chi connectivity index (χ4v) is 4.50. The maximum absolute atomic E-state index is 12.3. The van der Waals surface area contributed by atoms with Gasteiger partial charge < -0.3 is 4.90 Å². The Morgan fingerprint density at radius 3 is 2.55 bits per heavy atom. The highest BCUT2D eigenvalue weighted by Crippen LogP contribution is 2.29. The number of anilines is 1. The van der Waals surface area contributed by atoms with Crippen LogP contribution in [0.3, 0.4) is 0 Å². The number of aryl methyl sites for hydroxylation is 2. The van der Waals surface area contributed by atoms with Gasteiger partial charge in [-0.25, -0.2) is 14.6 Å². The van der Waals surface area contributed by atoms with Crippen LogP contribution in [-0.4, -0.2) is 62.4 Å². The second kappa shape index (κ2) is 8.55. The maximum Gasteiger partial charge on any atom is 0.266 e. The quantitative estimate of drug-likeness (QED) is 0.625. The first-order valence-corrected chi connectivity index (χ1v) is 11.0. The number of hydrogen-bond donors (Lipinski definition) is 0. The zero-order chi connectivity index (χ0) is 21.2. The maximum atomic E-state index is 12.3. The molecule has 2 aliphatic rings. The highest BCUT2D eigenvalue weighted by atomic mass is 16.1. The van der Waals surface area contributed by atoms with Crippen molar-refractivity contribution in [3.63, 3.8) is 0 Å². The third kappa shape index (κ3) is 4.20. The average Bonchev–Trinajstić information content (AvgIpc) is 3.27. The molecule has 160 valence electrons. The molecule has 8 heteroatoms. The van der Waals surface area contributed by atoms with Gasteiger partial charge in [-0.05, 0) is 44.4 Å². The van der Waals surface area contributed by atoms with Gasteiger partial charge in [-0.3, -0.25) is 14.7 Å². The van der Waals surface area contributed by atoms with E-state index in [2.05, 4.69) is 24.9 Å². The molecule has 1 aliphatic heterocycles. The van der Waals surface area contributed by atoms with Crippen LogP contribution in [-0.2, 0) is 19.4 Å². The second-order valence-electron chi connectivity index (χ2n) is 8.22. The van der Waals surface area contributed by atoms with Crippen molar-refractivity contribution in [3.8, 4) is 11.3 Å². The van der Waals surface area contributed by atoms with Crippen LogP contribution in [0.15, 0.2) is 41.5 Å². The smallest absolute Gasteiger partial charge is 0.266 e. The molecule has 1 fully saturated rings. The van der Waals surface area contributed by atoms with Crippen LogP contribution in [0.1, 0.15) is 23.5 Å². The van der Waals surface area contributed by atoms with E-state index in [1.165, 1.54) is 17.7 Å². The molecule has 0 spiro atoms. The van der Waals surface area contributed by atoms with E-state index in [0.717, 1.165) is 68.5 Å². The predicted molar refractivity (Wildman–Crippen MR) is 119 cm³/mol. The van der Waals surface area contributed by atoms with Gasteiger partial charge in [-0.15, -0.1) is 0 Å². The van der Waals surface area contributed by atoms with E-state index in [-0.39, 0.29) is 5.56 Å². The Labute approximate surface area is 181 Å². The molecule has 8 nitrogen and oxygen atoms in total. The molecule has 0 radical (unpaired) electrons. The predicted octanol–water partition coefficient (Wildman–Crippen LogP) is 1.71. The normalized spacial score (nSPS) is 16.5. The number of hydrogen-bond acceptors (Lipinski definition) is 7. The third-order valence-electron chi connectivity index (χ3n) is 6.17. The summed E-state index contributed by atoms with van der Waals surface area (Å²) in [4.78, 5) is 30.6. The first-order chi connectivity index (χ1) is 15.2. The van der Waals surface area contributed by atoms with Gasteiger partial charge >= 0.3 is 0 Å². The Kier molecular flexibility index (Phi) is 5.46. The number of nitrogens with zero attached hydrogens (tertiary/aromatic N) is 7. The van der Waals surface area contributed by atoms with E-state index >= 15 is 0 Å². The highest BCUT2D eigenvalue weighted by molar-refractivity contribution is 5.57. The van der Waals surface area contributed by atoms with Crippen LogP contribution in [0.2, 0.25) is 0 Å². The van der Waals surface area contributed by atoms with E-state index < -0.39 is 0 Å². The number of fused-ring (bicyclic) bond motifs is 1. The molecule has 0 aromatic carbocycles. The zero-order valence-corrected chi connectivity index (χ0v) is 17.9. The summed E-state index contributed by atoms with van der Waals surface area (Å²) in [7, 11) is 0. The lowest BCUT2D eigenvalue weighted by molar-refractivity contribution is 0.242. The monoisotopic (exact) mass is 417 g/mol. The minimum atomic E-state index is -0.0662. The fourth-order valence-electron chi connectivity index (χ4n) is 4.50. The van der Waals surface area contributed by atoms with Gasteiger partial charge in [0, 0.05) is 68.0 Å². The summed E-state index contributed by atoms with van der Waals surface area (Å²) in [5, 5.41) is 4.56. The lowest BCUT2D eigenvalue weighted by Crippen LogP contribution is -2.48. The van der Waals surface area contributed by atoms with Crippen LogP contribution >= 0.6 is 0 Å². The van der Waals surface area contributed by atoms with E-state index in [9.17, 15) is 4.79 Å². The largest absolute Gasteiger partial charge is 0.354 e. The summed E-state index contributed by atoms with van der Waals surface area (Å²) in [6.45, 7) is 7.18. The van der Waals surface area contributed by atoms with Crippen LogP contribution < -0.4 is 10.5 Å². The Bertz CT molecular complexity index is 1120. The lowest BCUT2D eigenvalue weighted by Gasteiger charge is -2.36. The van der Waals surface area contributed by atoms with E-state index in [0.29, 0.717) is 6.54 Å². The Morgan fingerprint density at radius 1 is 0.935 bits per heavy atom. The first-order valence-electron chi connectivity index (χ1n) is 11.0. The van der Waals surface area contributed by atoms with E-state index in [4.69, 9.17) is 4.98 Å². The van der Waals surface area contributed by atoms with Crippen molar-refractivity contribution in [1.82, 2.24) is 29.6 Å². The molecule has 4 heterocycles. The molecule has 0 saturated carbocycles. The van der Waals surface area contributed by atoms with E-state index in [1.807, 2.05) is 19.1 Å². The van der Waals surface area contributed by atoms with Gasteiger partial charge in [0.1, 0.15) is 11.6 Å². The van der Waals surface area contributed by atoms with Crippen molar-refractivity contribution >= 4 is 5.82 Å². The van der Waals surface area contributed by atoms with Crippen molar-refractivity contribution in [1.29, 1.82) is 0 Å². The standard InChI is InChI=1S/C23H27N7O/c1-17-25-21-4-2-3-19(21)23(26-17)29-14-11-28(12-15-29)13-16-30-22(31)6-5-20(27-30)18-7-9-24-10-8-18/h5-10H,2-4,11-16H2,1H3. The Hall–Kier alpha value is -3.13. The molecular weight excluding hydrogens is 390 g/mol. The molecule has 0 bridgehead atoms. The minimum Gasteiger partial charge on any atom is -0.354 e. The Balaban J connectivity index is 1.22. The summed E-state index contributed by atoms with van der Waals surface area (Å²) < 4.78 is 1.57. The summed E-state index contributed by atoms with van der Waals surface area (Å²) in [5.74, 6) is 2.01. The lowest BCUT2D eigenvalue weighted by atomic mass is 10.2. The van der Waals surface area contributed by atoms with Gasteiger partial charge in [0.05, 0.1) is 12.2 Å².